The van der Waals surface area contributed by atoms with E-state index in [1.54, 1.807) is 29.4 Å². The van der Waals surface area contributed by atoms with Gasteiger partial charge in [0.05, 0.1) is 11.4 Å². The molecule has 1 saturated heterocycles. The Morgan fingerprint density at radius 2 is 1.80 bits per heavy atom. The highest BCUT2D eigenvalue weighted by Gasteiger charge is 2.34. The van der Waals surface area contributed by atoms with Gasteiger partial charge in [0.1, 0.15) is 11.8 Å². The van der Waals surface area contributed by atoms with Gasteiger partial charge in [0, 0.05) is 57.2 Å². The Hall–Kier alpha value is -4.45. The summed E-state index contributed by atoms with van der Waals surface area (Å²) in [6, 6.07) is 13.4. The minimum atomic E-state index is -0.0648. The minimum absolute atomic E-state index is 0.0648. The van der Waals surface area contributed by atoms with Crippen molar-refractivity contribution in [2.45, 2.75) is 19.4 Å². The Bertz CT molecular complexity index is 1430. The number of hydrogen-bond donors (Lipinski definition) is 0. The van der Waals surface area contributed by atoms with Crippen molar-refractivity contribution in [1.29, 1.82) is 5.26 Å². The number of nitrogens with zero attached hydrogens (tertiary/aromatic N) is 8. The fourth-order valence-corrected chi connectivity index (χ4v) is 5.09. The van der Waals surface area contributed by atoms with Crippen LogP contribution >= 0.6 is 0 Å². The van der Waals surface area contributed by atoms with E-state index in [1.807, 2.05) is 46.1 Å². The van der Waals surface area contributed by atoms with E-state index in [0.717, 1.165) is 48.6 Å². The second-order valence-corrected chi connectivity index (χ2v) is 8.98. The number of pyridine rings is 1. The number of aromatic nitrogens is 4. The number of anilines is 3. The Morgan fingerprint density at radius 1 is 1.00 bits per heavy atom. The molecule has 0 spiro atoms. The monoisotopic (exact) mass is 464 g/mol. The fourth-order valence-electron chi connectivity index (χ4n) is 5.09. The molecular weight excluding hydrogens is 440 g/mol. The first-order valence-electron chi connectivity index (χ1n) is 11.8. The van der Waals surface area contributed by atoms with Gasteiger partial charge < -0.3 is 14.2 Å². The molecule has 6 rings (SSSR count). The van der Waals surface area contributed by atoms with E-state index in [1.165, 1.54) is 0 Å². The van der Waals surface area contributed by atoms with E-state index in [2.05, 4.69) is 32.0 Å². The summed E-state index contributed by atoms with van der Waals surface area (Å²) in [5.41, 5.74) is 3.77. The third-order valence-electron chi connectivity index (χ3n) is 6.86. The molecule has 2 aliphatic rings. The van der Waals surface area contributed by atoms with Crippen LogP contribution in [0.15, 0.2) is 67.4 Å². The normalized spacial score (nSPS) is 16.4. The molecule has 1 fully saturated rings. The fraction of sp³-hybridized carbons (Fsp3) is 0.269. The molecule has 1 aromatic carbocycles. The molecule has 2 amide bonds. The van der Waals surface area contributed by atoms with Crippen LogP contribution in [-0.4, -0.2) is 49.9 Å². The number of urea groups is 1. The van der Waals surface area contributed by atoms with Crippen molar-refractivity contribution in [2.24, 2.45) is 5.92 Å². The average Bonchev–Trinajstić information content (AvgIpc) is 3.39. The summed E-state index contributed by atoms with van der Waals surface area (Å²) in [6.07, 6.45) is 11.0. The molecule has 0 bridgehead atoms. The number of carbonyl (C=O) groups excluding carboxylic acids is 1. The second-order valence-electron chi connectivity index (χ2n) is 8.98. The number of nitriles is 1. The van der Waals surface area contributed by atoms with Gasteiger partial charge in [-0.25, -0.2) is 19.7 Å². The van der Waals surface area contributed by atoms with E-state index < -0.39 is 0 Å². The lowest BCUT2D eigenvalue weighted by molar-refractivity contribution is 0.184. The zero-order valence-electron chi connectivity index (χ0n) is 19.2. The number of benzene rings is 1. The SMILES string of the molecule is N#Cc1cc(N2C(=O)N(CC3CCN(c4nccn5ccnc45)CC3)Cc3ccccc32)ccn1. The molecule has 0 N–H and O–H groups in total. The first-order chi connectivity index (χ1) is 17.2. The maximum atomic E-state index is 13.7. The number of piperidine rings is 1. The van der Waals surface area contributed by atoms with Crippen molar-refractivity contribution < 1.29 is 4.79 Å². The zero-order chi connectivity index (χ0) is 23.8. The van der Waals surface area contributed by atoms with Gasteiger partial charge in [-0.15, -0.1) is 0 Å². The van der Waals surface area contributed by atoms with Crippen molar-refractivity contribution in [3.8, 4) is 6.07 Å². The highest BCUT2D eigenvalue weighted by atomic mass is 16.2. The lowest BCUT2D eigenvalue weighted by Gasteiger charge is -2.40. The van der Waals surface area contributed by atoms with Gasteiger partial charge in [-0.1, -0.05) is 18.2 Å². The van der Waals surface area contributed by atoms with Crippen LogP contribution in [0.1, 0.15) is 24.1 Å². The van der Waals surface area contributed by atoms with E-state index in [-0.39, 0.29) is 6.03 Å². The lowest BCUT2D eigenvalue weighted by atomic mass is 9.95. The van der Waals surface area contributed by atoms with Crippen LogP contribution in [0.2, 0.25) is 0 Å². The molecule has 0 aliphatic carbocycles. The Balaban J connectivity index is 1.20. The summed E-state index contributed by atoms with van der Waals surface area (Å²) in [5.74, 6) is 1.31. The summed E-state index contributed by atoms with van der Waals surface area (Å²) in [5, 5.41) is 9.30. The minimum Gasteiger partial charge on any atom is -0.354 e. The number of para-hydroxylation sites is 1. The molecule has 9 heteroatoms. The smallest absolute Gasteiger partial charge is 0.329 e. The second kappa shape index (κ2) is 8.72. The molecular formula is C26H24N8O. The molecule has 0 radical (unpaired) electrons. The number of hydrogen-bond acceptors (Lipinski definition) is 6. The van der Waals surface area contributed by atoms with E-state index in [4.69, 9.17) is 0 Å². The standard InChI is InChI=1S/C26H24N8O/c27-16-21-15-22(5-8-28-21)34-23-4-2-1-3-20(23)18-33(26(34)35)17-19-6-11-31(12-7-19)24-25-30-10-14-32(25)13-9-29-24/h1-5,8-10,13-15,19H,6-7,11-12,17-18H2. The summed E-state index contributed by atoms with van der Waals surface area (Å²) < 4.78 is 1.99. The molecule has 3 aromatic heterocycles. The molecule has 0 atom stereocenters. The molecule has 35 heavy (non-hydrogen) atoms. The Labute approximate surface area is 202 Å². The molecule has 9 nitrogen and oxygen atoms in total. The molecule has 0 saturated carbocycles. The molecule has 0 unspecified atom stereocenters. The third kappa shape index (κ3) is 3.83. The Kier molecular flexibility index (Phi) is 5.26. The van der Waals surface area contributed by atoms with Gasteiger partial charge in [-0.2, -0.15) is 5.26 Å². The number of fused-ring (bicyclic) bond motifs is 2. The van der Waals surface area contributed by atoms with Crippen LogP contribution in [0.25, 0.3) is 5.65 Å². The van der Waals surface area contributed by atoms with E-state index in [9.17, 15) is 10.1 Å². The van der Waals surface area contributed by atoms with Gasteiger partial charge in [0.2, 0.25) is 0 Å². The zero-order valence-corrected chi connectivity index (χ0v) is 19.2. The van der Waals surface area contributed by atoms with Crippen molar-refractivity contribution in [1.82, 2.24) is 24.3 Å². The predicted octanol–water partition coefficient (Wildman–Crippen LogP) is 3.99. The van der Waals surface area contributed by atoms with Crippen LogP contribution in [0.3, 0.4) is 0 Å². The van der Waals surface area contributed by atoms with Crippen molar-refractivity contribution in [3.05, 3.63) is 78.6 Å². The maximum Gasteiger partial charge on any atom is 0.329 e. The molecule has 5 heterocycles. The van der Waals surface area contributed by atoms with Crippen LogP contribution in [0.5, 0.6) is 0 Å². The molecule has 174 valence electrons. The van der Waals surface area contributed by atoms with E-state index >= 15 is 0 Å². The van der Waals surface area contributed by atoms with Crippen LogP contribution in [-0.2, 0) is 6.54 Å². The van der Waals surface area contributed by atoms with Crippen molar-refractivity contribution in [3.63, 3.8) is 0 Å². The number of imidazole rings is 1. The van der Waals surface area contributed by atoms with Gasteiger partial charge in [-0.3, -0.25) is 4.90 Å². The topological polar surface area (TPSA) is 93.7 Å². The van der Waals surface area contributed by atoms with Crippen molar-refractivity contribution >= 4 is 28.9 Å². The van der Waals surface area contributed by atoms with Gasteiger partial charge in [0.15, 0.2) is 11.5 Å². The summed E-state index contributed by atoms with van der Waals surface area (Å²) in [6.45, 7) is 3.02. The first kappa shape index (κ1) is 21.1. The molecule has 2 aliphatic heterocycles. The maximum absolute atomic E-state index is 13.7. The lowest BCUT2D eigenvalue weighted by Crippen LogP contribution is -2.48. The summed E-state index contributed by atoms with van der Waals surface area (Å²) in [4.78, 5) is 32.7. The molecule has 4 aromatic rings. The quantitative estimate of drug-likeness (QED) is 0.453. The number of rotatable bonds is 4. The summed E-state index contributed by atoms with van der Waals surface area (Å²) >= 11 is 0. The first-order valence-corrected chi connectivity index (χ1v) is 11.8. The van der Waals surface area contributed by atoms with Gasteiger partial charge in [0.25, 0.3) is 0 Å². The van der Waals surface area contributed by atoms with Crippen molar-refractivity contribution in [2.75, 3.05) is 29.4 Å². The highest BCUT2D eigenvalue weighted by molar-refractivity contribution is 6.01. The predicted molar refractivity (Wildman–Crippen MR) is 131 cm³/mol. The largest absolute Gasteiger partial charge is 0.354 e. The van der Waals surface area contributed by atoms with E-state index in [0.29, 0.717) is 30.4 Å². The van der Waals surface area contributed by atoms with Crippen LogP contribution < -0.4 is 9.80 Å². The van der Waals surface area contributed by atoms with Gasteiger partial charge in [-0.05, 0) is 42.5 Å². The third-order valence-corrected chi connectivity index (χ3v) is 6.86. The number of carbonyl (C=O) groups is 1. The van der Waals surface area contributed by atoms with Crippen LogP contribution in [0, 0.1) is 17.2 Å². The highest BCUT2D eigenvalue weighted by Crippen LogP contribution is 2.36. The average molecular weight is 465 g/mol. The Morgan fingerprint density at radius 3 is 2.63 bits per heavy atom. The van der Waals surface area contributed by atoms with Crippen LogP contribution in [0.4, 0.5) is 22.0 Å². The number of amides is 2. The van der Waals surface area contributed by atoms with Gasteiger partial charge >= 0.3 is 6.03 Å². The summed E-state index contributed by atoms with van der Waals surface area (Å²) in [7, 11) is 0.